The molecule has 0 atom stereocenters. The number of carbonyl (C=O) groups is 1. The average Bonchev–Trinajstić information content (AvgIpc) is 2.97. The van der Waals surface area contributed by atoms with Gasteiger partial charge in [0.25, 0.3) is 0 Å². The molecule has 2 N–H and O–H groups in total. The number of ether oxygens (including phenoxy) is 3. The molecule has 144 valence electrons. The maximum absolute atomic E-state index is 14.6. The van der Waals surface area contributed by atoms with Gasteiger partial charge in [-0.3, -0.25) is 0 Å². The molecular formula is C14H17F5O6. The summed E-state index contributed by atoms with van der Waals surface area (Å²) in [5, 5.41) is 18.3. The maximum Gasteiger partial charge on any atom is 0.449 e. The van der Waals surface area contributed by atoms with Crippen molar-refractivity contribution in [1.29, 1.82) is 0 Å². The van der Waals surface area contributed by atoms with Crippen molar-refractivity contribution < 1.29 is 51.2 Å². The van der Waals surface area contributed by atoms with E-state index >= 15 is 0 Å². The molecule has 11 heteroatoms. The third-order valence-electron chi connectivity index (χ3n) is 4.50. The van der Waals surface area contributed by atoms with Crippen LogP contribution in [0.3, 0.4) is 0 Å². The highest BCUT2D eigenvalue weighted by Gasteiger charge is 2.78. The maximum atomic E-state index is 14.6. The van der Waals surface area contributed by atoms with Crippen LogP contribution in [0.4, 0.5) is 22.0 Å². The minimum atomic E-state index is -6.08. The zero-order valence-electron chi connectivity index (χ0n) is 12.9. The first kappa shape index (κ1) is 20.0. The SMILES string of the molecule is C=CC(=O)OC1(C(F)(F)C(O)(O)C(F)(F)F)CCC2(CC1)OCCO2. The number of hydrogen-bond acceptors (Lipinski definition) is 6. The summed E-state index contributed by atoms with van der Waals surface area (Å²) in [4.78, 5) is 11.4. The van der Waals surface area contributed by atoms with Crippen LogP contribution in [0, 0.1) is 0 Å². The molecule has 0 amide bonds. The molecule has 1 spiro atoms. The molecule has 2 aliphatic rings. The molecule has 2 rings (SSSR count). The minimum absolute atomic E-state index is 0.183. The standard InChI is InChI=1S/C14H17F5O6/c1-2-9(20)25-10(12(15,16)13(21,22)14(17,18)19)3-5-11(6-4-10)23-7-8-24-11/h2,21-22H,1,3-8H2. The van der Waals surface area contributed by atoms with E-state index in [1.54, 1.807) is 0 Å². The van der Waals surface area contributed by atoms with Crippen LogP contribution in [-0.2, 0) is 19.0 Å². The Bertz CT molecular complexity index is 528. The zero-order chi connectivity index (χ0) is 19.1. The molecule has 0 radical (unpaired) electrons. The molecule has 25 heavy (non-hydrogen) atoms. The Labute approximate surface area is 139 Å². The molecule has 6 nitrogen and oxygen atoms in total. The van der Waals surface area contributed by atoms with Crippen molar-refractivity contribution in [2.45, 2.75) is 55.0 Å². The second-order valence-corrected chi connectivity index (χ2v) is 5.97. The van der Waals surface area contributed by atoms with Crippen LogP contribution in [0.5, 0.6) is 0 Å². The highest BCUT2D eigenvalue weighted by atomic mass is 19.4. The van der Waals surface area contributed by atoms with E-state index in [0.717, 1.165) is 0 Å². The predicted molar refractivity (Wildman–Crippen MR) is 70.3 cm³/mol. The Morgan fingerprint density at radius 1 is 1.04 bits per heavy atom. The van der Waals surface area contributed by atoms with E-state index in [4.69, 9.17) is 19.7 Å². The van der Waals surface area contributed by atoms with Gasteiger partial charge in [0.1, 0.15) is 0 Å². The summed E-state index contributed by atoms with van der Waals surface area (Å²) >= 11 is 0. The Morgan fingerprint density at radius 3 is 1.92 bits per heavy atom. The van der Waals surface area contributed by atoms with Gasteiger partial charge in [-0.05, 0) is 12.8 Å². The van der Waals surface area contributed by atoms with Crippen LogP contribution >= 0.6 is 0 Å². The summed E-state index contributed by atoms with van der Waals surface area (Å²) in [5.74, 6) is -13.3. The Hall–Kier alpha value is -1.30. The van der Waals surface area contributed by atoms with Gasteiger partial charge in [0.15, 0.2) is 11.4 Å². The molecule has 1 heterocycles. The topological polar surface area (TPSA) is 85.2 Å². The highest BCUT2D eigenvalue weighted by Crippen LogP contribution is 2.55. The minimum Gasteiger partial charge on any atom is -0.449 e. The lowest BCUT2D eigenvalue weighted by Crippen LogP contribution is -2.70. The van der Waals surface area contributed by atoms with Crippen molar-refractivity contribution >= 4 is 5.97 Å². The lowest BCUT2D eigenvalue weighted by Gasteiger charge is -2.49. The lowest BCUT2D eigenvalue weighted by molar-refractivity contribution is -0.445. The Morgan fingerprint density at radius 2 is 1.52 bits per heavy atom. The summed E-state index contributed by atoms with van der Waals surface area (Å²) < 4.78 is 82.7. The van der Waals surface area contributed by atoms with Crippen LogP contribution in [-0.4, -0.2) is 58.7 Å². The number of aliphatic hydroxyl groups is 2. The van der Waals surface area contributed by atoms with Gasteiger partial charge in [-0.1, -0.05) is 6.58 Å². The van der Waals surface area contributed by atoms with E-state index in [0.29, 0.717) is 6.08 Å². The Balaban J connectivity index is 2.39. The smallest absolute Gasteiger partial charge is 0.449 e. The number of hydrogen-bond donors (Lipinski definition) is 2. The molecule has 0 aromatic rings. The predicted octanol–water partition coefficient (Wildman–Crippen LogP) is 1.65. The molecule has 0 aromatic heterocycles. The van der Waals surface area contributed by atoms with Gasteiger partial charge in [-0.2, -0.15) is 22.0 Å². The number of carbonyl (C=O) groups excluding carboxylic acids is 1. The van der Waals surface area contributed by atoms with Gasteiger partial charge in [0.05, 0.1) is 13.2 Å². The molecule has 1 aliphatic heterocycles. The molecule has 0 unspecified atom stereocenters. The van der Waals surface area contributed by atoms with E-state index in [9.17, 15) is 26.7 Å². The van der Waals surface area contributed by atoms with Gasteiger partial charge in [-0.15, -0.1) is 0 Å². The second-order valence-electron chi connectivity index (χ2n) is 5.97. The summed E-state index contributed by atoms with van der Waals surface area (Å²) in [6.07, 6.45) is -7.90. The Kier molecular flexibility index (Phi) is 4.92. The normalized spacial score (nSPS) is 23.5. The third kappa shape index (κ3) is 3.14. The summed E-state index contributed by atoms with van der Waals surface area (Å²) in [5.41, 5.74) is -3.11. The van der Waals surface area contributed by atoms with E-state index < -0.39 is 48.1 Å². The van der Waals surface area contributed by atoms with Crippen LogP contribution in [0.1, 0.15) is 25.7 Å². The van der Waals surface area contributed by atoms with E-state index in [2.05, 4.69) is 11.3 Å². The summed E-state index contributed by atoms with van der Waals surface area (Å²) in [6, 6.07) is 0. The van der Waals surface area contributed by atoms with Crippen LogP contribution in [0.2, 0.25) is 0 Å². The van der Waals surface area contributed by atoms with Gasteiger partial charge < -0.3 is 24.4 Å². The number of esters is 1. The molecule has 1 saturated carbocycles. The lowest BCUT2D eigenvalue weighted by atomic mass is 9.74. The molecule has 1 saturated heterocycles. The first-order valence-electron chi connectivity index (χ1n) is 7.35. The van der Waals surface area contributed by atoms with Gasteiger partial charge >= 0.3 is 23.9 Å². The zero-order valence-corrected chi connectivity index (χ0v) is 12.9. The highest BCUT2D eigenvalue weighted by molar-refractivity contribution is 5.81. The second kappa shape index (κ2) is 6.15. The molecule has 1 aliphatic carbocycles. The van der Waals surface area contributed by atoms with E-state index in [-0.39, 0.29) is 26.1 Å². The quantitative estimate of drug-likeness (QED) is 0.336. The first-order chi connectivity index (χ1) is 11.3. The van der Waals surface area contributed by atoms with Crippen molar-refractivity contribution in [3.8, 4) is 0 Å². The van der Waals surface area contributed by atoms with Gasteiger partial charge in [-0.25, -0.2) is 4.79 Å². The summed E-state index contributed by atoms with van der Waals surface area (Å²) in [7, 11) is 0. The van der Waals surface area contributed by atoms with Crippen molar-refractivity contribution in [2.75, 3.05) is 13.2 Å². The fourth-order valence-corrected chi connectivity index (χ4v) is 3.03. The van der Waals surface area contributed by atoms with Crippen LogP contribution in [0.15, 0.2) is 12.7 Å². The van der Waals surface area contributed by atoms with Gasteiger partial charge in [0, 0.05) is 18.9 Å². The fourth-order valence-electron chi connectivity index (χ4n) is 3.03. The number of alkyl halides is 5. The fraction of sp³-hybridized carbons (Fsp3) is 0.786. The first-order valence-corrected chi connectivity index (χ1v) is 7.35. The largest absolute Gasteiger partial charge is 0.449 e. The van der Waals surface area contributed by atoms with Crippen molar-refractivity contribution in [2.24, 2.45) is 0 Å². The van der Waals surface area contributed by atoms with E-state index in [1.807, 2.05) is 0 Å². The van der Waals surface area contributed by atoms with Crippen molar-refractivity contribution in [1.82, 2.24) is 0 Å². The van der Waals surface area contributed by atoms with Crippen molar-refractivity contribution in [3.63, 3.8) is 0 Å². The molecule has 0 bridgehead atoms. The monoisotopic (exact) mass is 376 g/mol. The van der Waals surface area contributed by atoms with Crippen LogP contribution < -0.4 is 0 Å². The average molecular weight is 376 g/mol. The van der Waals surface area contributed by atoms with Crippen molar-refractivity contribution in [3.05, 3.63) is 12.7 Å². The summed E-state index contributed by atoms with van der Waals surface area (Å²) in [6.45, 7) is 3.37. The molecule has 2 fully saturated rings. The number of rotatable bonds is 4. The molecular weight excluding hydrogens is 359 g/mol. The molecule has 0 aromatic carbocycles. The number of halogens is 5. The van der Waals surface area contributed by atoms with E-state index in [1.165, 1.54) is 0 Å². The van der Waals surface area contributed by atoms with Crippen LogP contribution in [0.25, 0.3) is 0 Å². The van der Waals surface area contributed by atoms with Gasteiger partial charge in [0.2, 0.25) is 0 Å². The third-order valence-corrected chi connectivity index (χ3v) is 4.50.